The summed E-state index contributed by atoms with van der Waals surface area (Å²) in [5.74, 6) is 3.90. The molecule has 2 saturated heterocycles. The Bertz CT molecular complexity index is 259. The number of rotatable bonds is 1. The molecule has 0 radical (unpaired) electrons. The van der Waals surface area contributed by atoms with Crippen molar-refractivity contribution in [1.82, 2.24) is 10.2 Å². The van der Waals surface area contributed by atoms with Gasteiger partial charge in [0, 0.05) is 24.7 Å². The number of hydrogen-bond acceptors (Lipinski definition) is 3. The molecule has 0 bridgehead atoms. The van der Waals surface area contributed by atoms with E-state index in [1.165, 1.54) is 19.3 Å². The summed E-state index contributed by atoms with van der Waals surface area (Å²) in [4.78, 5) is 14.2. The predicted octanol–water partition coefficient (Wildman–Crippen LogP) is 1.33. The van der Waals surface area contributed by atoms with E-state index in [9.17, 15) is 4.79 Å². The van der Waals surface area contributed by atoms with Crippen LogP contribution >= 0.6 is 24.2 Å². The number of nitrogens with zero attached hydrogens (tertiary/aromatic N) is 1. The zero-order valence-electron chi connectivity index (χ0n) is 9.35. The van der Waals surface area contributed by atoms with E-state index in [1.807, 2.05) is 11.8 Å². The summed E-state index contributed by atoms with van der Waals surface area (Å²) in [7, 11) is 0. The Morgan fingerprint density at radius 2 is 1.94 bits per heavy atom. The zero-order valence-corrected chi connectivity index (χ0v) is 11.0. The van der Waals surface area contributed by atoms with Crippen LogP contribution in [0.1, 0.15) is 19.3 Å². The number of fused-ring (bicyclic) bond motifs is 1. The minimum absolute atomic E-state index is 0. The number of halogens is 1. The van der Waals surface area contributed by atoms with Gasteiger partial charge in [0.25, 0.3) is 0 Å². The maximum Gasteiger partial charge on any atom is 0.240 e. The Morgan fingerprint density at radius 3 is 2.50 bits per heavy atom. The Labute approximate surface area is 107 Å². The van der Waals surface area contributed by atoms with Gasteiger partial charge in [-0.05, 0) is 24.7 Å². The molecule has 16 heavy (non-hydrogen) atoms. The van der Waals surface area contributed by atoms with E-state index in [0.29, 0.717) is 5.91 Å². The molecule has 3 rings (SSSR count). The maximum absolute atomic E-state index is 12.1. The number of nitrogens with one attached hydrogen (secondary N) is 1. The first-order valence-corrected chi connectivity index (χ1v) is 7.10. The molecule has 2 heterocycles. The molecule has 1 aliphatic carbocycles. The van der Waals surface area contributed by atoms with Gasteiger partial charge in [0.15, 0.2) is 0 Å². The van der Waals surface area contributed by atoms with Crippen molar-refractivity contribution in [3.63, 3.8) is 0 Å². The van der Waals surface area contributed by atoms with Crippen molar-refractivity contribution in [3.8, 4) is 0 Å². The summed E-state index contributed by atoms with van der Waals surface area (Å²) < 4.78 is 0. The Morgan fingerprint density at radius 1 is 1.25 bits per heavy atom. The topological polar surface area (TPSA) is 32.3 Å². The molecule has 1 amide bonds. The molecule has 92 valence electrons. The number of carbonyl (C=O) groups excluding carboxylic acids is 1. The molecular formula is C11H19ClN2OS. The fourth-order valence-corrected chi connectivity index (χ4v) is 4.12. The average molecular weight is 263 g/mol. The monoisotopic (exact) mass is 262 g/mol. The molecule has 0 aromatic carbocycles. The van der Waals surface area contributed by atoms with Crippen LogP contribution in [0.4, 0.5) is 0 Å². The van der Waals surface area contributed by atoms with Gasteiger partial charge in [-0.15, -0.1) is 24.2 Å². The first kappa shape index (κ1) is 12.5. The molecule has 0 aromatic rings. The summed E-state index contributed by atoms with van der Waals surface area (Å²) in [6, 6.07) is 0.105. The van der Waals surface area contributed by atoms with Crippen molar-refractivity contribution in [1.29, 1.82) is 0 Å². The summed E-state index contributed by atoms with van der Waals surface area (Å²) in [5, 5.41) is 3.27. The number of thioether (sulfide) groups is 1. The molecule has 0 aromatic heterocycles. The molecule has 2 aliphatic heterocycles. The maximum atomic E-state index is 12.1. The minimum Gasteiger partial charge on any atom is -0.341 e. The highest BCUT2D eigenvalue weighted by molar-refractivity contribution is 7.99. The fraction of sp³-hybridized carbons (Fsp3) is 0.909. The molecular weight excluding hydrogens is 244 g/mol. The lowest BCUT2D eigenvalue weighted by Crippen LogP contribution is -2.44. The van der Waals surface area contributed by atoms with Crippen molar-refractivity contribution in [2.75, 3.05) is 24.7 Å². The standard InChI is InChI=1S/C11H18N2OS.ClH/c14-11(10-6-15-7-12-10)13-4-8-2-1-3-9(8)5-13;/h8-10,12H,1-7H2;1H. The van der Waals surface area contributed by atoms with Crippen LogP contribution in [0.25, 0.3) is 0 Å². The lowest BCUT2D eigenvalue weighted by Gasteiger charge is -2.20. The molecule has 1 N–H and O–H groups in total. The molecule has 3 aliphatic rings. The van der Waals surface area contributed by atoms with E-state index in [-0.39, 0.29) is 18.4 Å². The highest BCUT2D eigenvalue weighted by atomic mass is 35.5. The van der Waals surface area contributed by atoms with Gasteiger partial charge in [-0.1, -0.05) is 6.42 Å². The van der Waals surface area contributed by atoms with E-state index < -0.39 is 0 Å². The van der Waals surface area contributed by atoms with Crippen molar-refractivity contribution < 1.29 is 4.79 Å². The fourth-order valence-electron chi connectivity index (χ4n) is 3.19. The van der Waals surface area contributed by atoms with Crippen LogP contribution in [0.15, 0.2) is 0 Å². The van der Waals surface area contributed by atoms with Gasteiger partial charge in [0.1, 0.15) is 0 Å². The van der Waals surface area contributed by atoms with E-state index in [4.69, 9.17) is 0 Å². The zero-order chi connectivity index (χ0) is 10.3. The van der Waals surface area contributed by atoms with Crippen LogP contribution in [0, 0.1) is 11.8 Å². The lowest BCUT2D eigenvalue weighted by molar-refractivity contribution is -0.131. The number of amides is 1. The number of carbonyl (C=O) groups is 1. The highest BCUT2D eigenvalue weighted by Gasteiger charge is 2.40. The molecule has 3 fully saturated rings. The molecule has 0 spiro atoms. The van der Waals surface area contributed by atoms with E-state index in [1.54, 1.807) is 0 Å². The van der Waals surface area contributed by atoms with Gasteiger partial charge in [0.05, 0.1) is 6.04 Å². The second kappa shape index (κ2) is 5.15. The van der Waals surface area contributed by atoms with Gasteiger partial charge in [-0.25, -0.2) is 0 Å². The van der Waals surface area contributed by atoms with E-state index >= 15 is 0 Å². The van der Waals surface area contributed by atoms with Gasteiger partial charge < -0.3 is 4.90 Å². The van der Waals surface area contributed by atoms with Gasteiger partial charge in [-0.2, -0.15) is 0 Å². The summed E-state index contributed by atoms with van der Waals surface area (Å²) >= 11 is 1.83. The van der Waals surface area contributed by atoms with Crippen molar-refractivity contribution >= 4 is 30.1 Å². The number of hydrogen-bond donors (Lipinski definition) is 1. The molecule has 5 heteroatoms. The molecule has 3 unspecified atom stereocenters. The first-order valence-electron chi connectivity index (χ1n) is 5.94. The minimum atomic E-state index is 0. The number of likely N-dealkylation sites (tertiary alicyclic amines) is 1. The quantitative estimate of drug-likeness (QED) is 0.774. The molecule has 1 saturated carbocycles. The van der Waals surface area contributed by atoms with Crippen LogP contribution in [0.5, 0.6) is 0 Å². The largest absolute Gasteiger partial charge is 0.341 e. The second-order valence-electron chi connectivity index (χ2n) is 4.97. The molecule has 3 atom stereocenters. The highest BCUT2D eigenvalue weighted by Crippen LogP contribution is 2.38. The van der Waals surface area contributed by atoms with Crippen molar-refractivity contribution in [2.24, 2.45) is 11.8 Å². The predicted molar refractivity (Wildman–Crippen MR) is 68.9 cm³/mol. The molecule has 3 nitrogen and oxygen atoms in total. The SMILES string of the molecule is Cl.O=C(C1CSCN1)N1CC2CCCC2C1. The van der Waals surface area contributed by atoms with Crippen LogP contribution in [-0.2, 0) is 4.79 Å². The first-order chi connectivity index (χ1) is 7.34. The lowest BCUT2D eigenvalue weighted by atomic mass is 10.0. The third kappa shape index (κ3) is 2.20. The van der Waals surface area contributed by atoms with Gasteiger partial charge in [-0.3, -0.25) is 10.1 Å². The summed E-state index contributed by atoms with van der Waals surface area (Å²) in [6.45, 7) is 2.07. The third-order valence-electron chi connectivity index (χ3n) is 4.05. The second-order valence-corrected chi connectivity index (χ2v) is 6.00. The van der Waals surface area contributed by atoms with Crippen LogP contribution in [0.2, 0.25) is 0 Å². The average Bonchev–Trinajstić information content (AvgIpc) is 2.92. The Hall–Kier alpha value is 0.0700. The van der Waals surface area contributed by atoms with Crippen LogP contribution in [-0.4, -0.2) is 41.6 Å². The van der Waals surface area contributed by atoms with Crippen LogP contribution < -0.4 is 5.32 Å². The van der Waals surface area contributed by atoms with Gasteiger partial charge in [0.2, 0.25) is 5.91 Å². The smallest absolute Gasteiger partial charge is 0.240 e. The Balaban J connectivity index is 0.000000963. The Kier molecular flexibility index (Phi) is 4.03. The van der Waals surface area contributed by atoms with Crippen molar-refractivity contribution in [3.05, 3.63) is 0 Å². The third-order valence-corrected chi connectivity index (χ3v) is 4.99. The van der Waals surface area contributed by atoms with E-state index in [2.05, 4.69) is 10.2 Å². The van der Waals surface area contributed by atoms with Gasteiger partial charge >= 0.3 is 0 Å². The summed E-state index contributed by atoms with van der Waals surface area (Å²) in [6.07, 6.45) is 4.08. The van der Waals surface area contributed by atoms with E-state index in [0.717, 1.165) is 36.6 Å². The normalized spacial score (nSPS) is 37.2. The van der Waals surface area contributed by atoms with Crippen LogP contribution in [0.3, 0.4) is 0 Å². The van der Waals surface area contributed by atoms with Crippen molar-refractivity contribution in [2.45, 2.75) is 25.3 Å². The summed E-state index contributed by atoms with van der Waals surface area (Å²) in [5.41, 5.74) is 0.